The van der Waals surface area contributed by atoms with Gasteiger partial charge in [0.1, 0.15) is 11.5 Å². The Hall–Kier alpha value is -2.60. The highest BCUT2D eigenvalue weighted by Gasteiger charge is 2.22. The molecule has 6 nitrogen and oxygen atoms in total. The highest BCUT2D eigenvalue weighted by molar-refractivity contribution is 5.80. The molecule has 0 radical (unpaired) electrons. The Labute approximate surface area is 191 Å². The van der Waals surface area contributed by atoms with Crippen LogP contribution in [0.15, 0.2) is 41.0 Å². The van der Waals surface area contributed by atoms with Gasteiger partial charge in [0.05, 0.1) is 12.5 Å². The third-order valence-electron chi connectivity index (χ3n) is 6.71. The lowest BCUT2D eigenvalue weighted by molar-refractivity contribution is -0.124. The van der Waals surface area contributed by atoms with Crippen molar-refractivity contribution in [2.24, 2.45) is 11.8 Å². The monoisotopic (exact) mass is 436 g/mol. The number of oxazole rings is 1. The molecule has 2 aliphatic heterocycles. The Morgan fingerprint density at radius 2 is 2.00 bits per heavy atom. The van der Waals surface area contributed by atoms with Crippen molar-refractivity contribution < 1.29 is 9.21 Å². The number of carbonyl (C=O) groups excluding carboxylic acids is 1. The fourth-order valence-corrected chi connectivity index (χ4v) is 4.47. The summed E-state index contributed by atoms with van der Waals surface area (Å²) in [5.74, 6) is 2.45. The summed E-state index contributed by atoms with van der Waals surface area (Å²) >= 11 is 0. The molecule has 3 heterocycles. The maximum Gasteiger partial charge on any atom is 0.227 e. The Morgan fingerprint density at radius 1 is 1.19 bits per heavy atom. The molecule has 0 aliphatic carbocycles. The molecule has 172 valence electrons. The Morgan fingerprint density at radius 3 is 2.72 bits per heavy atom. The highest BCUT2D eigenvalue weighted by Crippen LogP contribution is 2.24. The first-order chi connectivity index (χ1) is 15.5. The average Bonchev–Trinajstić information content (AvgIpc) is 3.16. The molecule has 2 aliphatic rings. The van der Waals surface area contributed by atoms with Crippen molar-refractivity contribution in [3.05, 3.63) is 53.6 Å². The zero-order valence-electron chi connectivity index (χ0n) is 19.6. The van der Waals surface area contributed by atoms with Gasteiger partial charge in [-0.3, -0.25) is 4.79 Å². The molecule has 32 heavy (non-hydrogen) atoms. The largest absolute Gasteiger partial charge is 0.441 e. The minimum Gasteiger partial charge on any atom is -0.441 e. The Kier molecular flexibility index (Phi) is 7.30. The highest BCUT2D eigenvalue weighted by atomic mass is 16.4. The van der Waals surface area contributed by atoms with Crippen LogP contribution in [0, 0.1) is 25.7 Å². The molecule has 1 saturated heterocycles. The molecule has 1 aromatic heterocycles. The predicted octanol–water partition coefficient (Wildman–Crippen LogP) is 4.14. The normalized spacial score (nSPS) is 20.0. The molecule has 6 heteroatoms. The molecule has 2 aromatic rings. The number of carbonyl (C=O) groups is 1. The molecule has 1 aromatic carbocycles. The number of rotatable bonds is 7. The number of benzene rings is 1. The summed E-state index contributed by atoms with van der Waals surface area (Å²) < 4.78 is 5.93. The summed E-state index contributed by atoms with van der Waals surface area (Å²) in [7, 11) is 0. The van der Waals surface area contributed by atoms with Gasteiger partial charge >= 0.3 is 0 Å². The SMILES string of the molecule is Cc1cccc(-c2nc(CN3C=CC(C(=O)NCCN4CCC(C)CC4)CC3)c(C)o2)c1. The van der Waals surface area contributed by atoms with Crippen LogP contribution >= 0.6 is 0 Å². The number of nitrogens with one attached hydrogen (secondary N) is 1. The van der Waals surface area contributed by atoms with Crippen LogP contribution in [0.1, 0.15) is 43.2 Å². The zero-order chi connectivity index (χ0) is 22.5. The lowest BCUT2D eigenvalue weighted by atomic mass is 9.99. The molecule has 0 bridgehead atoms. The molecule has 1 atom stereocenters. The van der Waals surface area contributed by atoms with Gasteiger partial charge in [0.2, 0.25) is 11.8 Å². The van der Waals surface area contributed by atoms with Crippen molar-refractivity contribution in [2.75, 3.05) is 32.7 Å². The fourth-order valence-electron chi connectivity index (χ4n) is 4.47. The smallest absolute Gasteiger partial charge is 0.227 e. The molecule has 1 amide bonds. The minimum absolute atomic E-state index is 0.0473. The van der Waals surface area contributed by atoms with Gasteiger partial charge in [-0.1, -0.05) is 30.7 Å². The first-order valence-electron chi connectivity index (χ1n) is 11.9. The minimum atomic E-state index is -0.0473. The Bertz CT molecular complexity index is 943. The number of aromatic nitrogens is 1. The van der Waals surface area contributed by atoms with Crippen LogP contribution < -0.4 is 5.32 Å². The van der Waals surface area contributed by atoms with Gasteiger partial charge < -0.3 is 19.5 Å². The first-order valence-corrected chi connectivity index (χ1v) is 11.9. The predicted molar refractivity (Wildman–Crippen MR) is 127 cm³/mol. The van der Waals surface area contributed by atoms with E-state index in [1.807, 2.05) is 31.3 Å². The number of nitrogens with zero attached hydrogens (tertiary/aromatic N) is 3. The number of hydrogen-bond acceptors (Lipinski definition) is 5. The average molecular weight is 437 g/mol. The van der Waals surface area contributed by atoms with E-state index in [0.29, 0.717) is 12.4 Å². The van der Waals surface area contributed by atoms with E-state index >= 15 is 0 Å². The van der Waals surface area contributed by atoms with Crippen LogP contribution in [0.4, 0.5) is 0 Å². The Balaban J connectivity index is 1.25. The number of aryl methyl sites for hydroxylation is 2. The van der Waals surface area contributed by atoms with E-state index in [9.17, 15) is 4.79 Å². The van der Waals surface area contributed by atoms with Crippen molar-refractivity contribution in [1.29, 1.82) is 0 Å². The van der Waals surface area contributed by atoms with Crippen molar-refractivity contribution >= 4 is 5.91 Å². The third-order valence-corrected chi connectivity index (χ3v) is 6.71. The van der Waals surface area contributed by atoms with Crippen LogP contribution in [0.5, 0.6) is 0 Å². The molecule has 1 fully saturated rings. The van der Waals surface area contributed by atoms with Crippen molar-refractivity contribution in [2.45, 2.75) is 46.6 Å². The second-order valence-electron chi connectivity index (χ2n) is 9.41. The van der Waals surface area contributed by atoms with E-state index in [1.165, 1.54) is 18.4 Å². The van der Waals surface area contributed by atoms with Gasteiger partial charge in [0, 0.05) is 25.2 Å². The summed E-state index contributed by atoms with van der Waals surface area (Å²) in [5, 5.41) is 3.13. The van der Waals surface area contributed by atoms with Crippen LogP contribution in [0.25, 0.3) is 11.5 Å². The molecule has 0 spiro atoms. The summed E-state index contributed by atoms with van der Waals surface area (Å²) in [6.07, 6.45) is 7.43. The van der Waals surface area contributed by atoms with Gasteiger partial charge in [-0.15, -0.1) is 0 Å². The van der Waals surface area contributed by atoms with Crippen molar-refractivity contribution in [1.82, 2.24) is 20.1 Å². The van der Waals surface area contributed by atoms with Crippen LogP contribution in [0.3, 0.4) is 0 Å². The van der Waals surface area contributed by atoms with Crippen molar-refractivity contribution in [3.63, 3.8) is 0 Å². The molecular formula is C26H36N4O2. The summed E-state index contributed by atoms with van der Waals surface area (Å²) in [4.78, 5) is 22.0. The standard InChI is InChI=1S/C26H36N4O2/c1-19-7-12-29(13-8-19)16-11-27-25(31)22-9-14-30(15-10-22)18-24-21(3)32-26(28-24)23-6-4-5-20(2)17-23/h4-6,9,14,17,19,22H,7-8,10-13,15-16,18H2,1-3H3,(H,27,31). The summed E-state index contributed by atoms with van der Waals surface area (Å²) in [6, 6.07) is 8.21. The number of piperidine rings is 1. The van der Waals surface area contributed by atoms with Gasteiger partial charge in [-0.25, -0.2) is 4.98 Å². The molecule has 0 saturated carbocycles. The molecule has 1 unspecified atom stereocenters. The zero-order valence-corrected chi connectivity index (χ0v) is 19.6. The van der Waals surface area contributed by atoms with Gasteiger partial charge in [0.25, 0.3) is 0 Å². The van der Waals surface area contributed by atoms with E-state index in [4.69, 9.17) is 9.40 Å². The summed E-state index contributed by atoms with van der Waals surface area (Å²) in [6.45, 7) is 11.9. The van der Waals surface area contributed by atoms with Crippen molar-refractivity contribution in [3.8, 4) is 11.5 Å². The van der Waals surface area contributed by atoms with Gasteiger partial charge in [0.15, 0.2) is 0 Å². The number of hydrogen-bond donors (Lipinski definition) is 1. The van der Waals surface area contributed by atoms with E-state index in [2.05, 4.69) is 41.1 Å². The molecular weight excluding hydrogens is 400 g/mol. The molecule has 1 N–H and O–H groups in total. The summed E-state index contributed by atoms with van der Waals surface area (Å²) in [5.41, 5.74) is 3.14. The maximum atomic E-state index is 12.6. The maximum absolute atomic E-state index is 12.6. The lowest BCUT2D eigenvalue weighted by Gasteiger charge is -2.30. The van der Waals surface area contributed by atoms with E-state index in [-0.39, 0.29) is 11.8 Å². The van der Waals surface area contributed by atoms with Crippen LogP contribution in [-0.2, 0) is 11.3 Å². The van der Waals surface area contributed by atoms with E-state index < -0.39 is 0 Å². The van der Waals surface area contributed by atoms with E-state index in [0.717, 1.165) is 62.1 Å². The topological polar surface area (TPSA) is 61.6 Å². The number of likely N-dealkylation sites (tertiary alicyclic amines) is 1. The van der Waals surface area contributed by atoms with Crippen LogP contribution in [0.2, 0.25) is 0 Å². The molecule has 4 rings (SSSR count). The van der Waals surface area contributed by atoms with Gasteiger partial charge in [-0.05, 0) is 70.5 Å². The lowest BCUT2D eigenvalue weighted by Crippen LogP contribution is -2.41. The van der Waals surface area contributed by atoms with Gasteiger partial charge in [-0.2, -0.15) is 0 Å². The second-order valence-corrected chi connectivity index (χ2v) is 9.41. The first kappa shape index (κ1) is 22.6. The third kappa shape index (κ3) is 5.80. The fraction of sp³-hybridized carbons (Fsp3) is 0.538. The van der Waals surface area contributed by atoms with E-state index in [1.54, 1.807) is 0 Å². The number of amides is 1. The second kappa shape index (κ2) is 10.3. The van der Waals surface area contributed by atoms with Crippen LogP contribution in [-0.4, -0.2) is 53.4 Å². The quantitative estimate of drug-likeness (QED) is 0.707.